The Bertz CT molecular complexity index is 687. The summed E-state index contributed by atoms with van der Waals surface area (Å²) in [7, 11) is 1.75. The molecule has 7 nitrogen and oxygen atoms in total. The van der Waals surface area contributed by atoms with Gasteiger partial charge in [0.1, 0.15) is 6.04 Å². The van der Waals surface area contributed by atoms with Gasteiger partial charge < -0.3 is 15.2 Å². The lowest BCUT2D eigenvalue weighted by atomic mass is 9.90. The van der Waals surface area contributed by atoms with Crippen molar-refractivity contribution in [3.8, 4) is 0 Å². The van der Waals surface area contributed by atoms with Crippen LogP contribution in [0, 0.1) is 0 Å². The number of nitrogens with one attached hydrogen (secondary N) is 2. The van der Waals surface area contributed by atoms with E-state index in [9.17, 15) is 4.79 Å². The number of benzene rings is 1. The van der Waals surface area contributed by atoms with Crippen LogP contribution in [0.4, 0.5) is 0 Å². The zero-order chi connectivity index (χ0) is 17.1. The van der Waals surface area contributed by atoms with Crippen molar-refractivity contribution in [2.75, 3.05) is 7.05 Å². The predicted octanol–water partition coefficient (Wildman–Crippen LogP) is 0.740. The van der Waals surface area contributed by atoms with E-state index in [1.54, 1.807) is 11.9 Å². The van der Waals surface area contributed by atoms with E-state index >= 15 is 0 Å². The molecule has 1 fully saturated rings. The van der Waals surface area contributed by atoms with Gasteiger partial charge in [0, 0.05) is 19.0 Å². The van der Waals surface area contributed by atoms with Gasteiger partial charge in [-0.15, -0.1) is 0 Å². The third kappa shape index (κ3) is 3.33. The van der Waals surface area contributed by atoms with E-state index in [-0.39, 0.29) is 18.0 Å². The average Bonchev–Trinajstić information content (AvgIpc) is 3.21. The summed E-state index contributed by atoms with van der Waals surface area (Å²) in [5.74, 6) is 0.495. The van der Waals surface area contributed by atoms with Gasteiger partial charge in [0.15, 0.2) is 5.76 Å². The van der Waals surface area contributed by atoms with Crippen LogP contribution in [-0.2, 0) is 17.8 Å². The zero-order valence-corrected chi connectivity index (χ0v) is 13.9. The predicted molar refractivity (Wildman–Crippen MR) is 89.6 cm³/mol. The summed E-state index contributed by atoms with van der Waals surface area (Å²) in [6.45, 7) is 2.39. The molecule has 24 heavy (non-hydrogen) atoms. The van der Waals surface area contributed by atoms with Crippen molar-refractivity contribution in [2.24, 2.45) is 5.73 Å². The summed E-state index contributed by atoms with van der Waals surface area (Å²) in [4.78, 5) is 14.5. The molecule has 1 aromatic carbocycles. The van der Waals surface area contributed by atoms with E-state index in [0.29, 0.717) is 12.3 Å². The van der Waals surface area contributed by atoms with Gasteiger partial charge in [0.2, 0.25) is 5.91 Å². The summed E-state index contributed by atoms with van der Waals surface area (Å²) in [5, 5.41) is 3.96. The Hall–Kier alpha value is -2.22. The molecule has 0 aliphatic carbocycles. The average molecular weight is 329 g/mol. The van der Waals surface area contributed by atoms with Crippen LogP contribution in [0.25, 0.3) is 0 Å². The number of hydrogen-bond donors (Lipinski definition) is 3. The number of hydrogen-bond acceptors (Lipinski definition) is 6. The van der Waals surface area contributed by atoms with Gasteiger partial charge in [-0.25, -0.2) is 10.9 Å². The number of carbonyl (C=O) groups is 1. The molecule has 0 radical (unpaired) electrons. The molecule has 3 atom stereocenters. The first kappa shape index (κ1) is 16.6. The van der Waals surface area contributed by atoms with E-state index in [1.165, 1.54) is 0 Å². The lowest BCUT2D eigenvalue weighted by Gasteiger charge is -2.25. The van der Waals surface area contributed by atoms with Crippen molar-refractivity contribution in [3.63, 3.8) is 0 Å². The zero-order valence-electron chi connectivity index (χ0n) is 13.9. The molecule has 2 aromatic rings. The fourth-order valence-corrected chi connectivity index (χ4v) is 3.01. The third-order valence-corrected chi connectivity index (χ3v) is 4.34. The molecule has 4 N–H and O–H groups in total. The SMILES string of the molecule is CCc1cc(CN(C)C(=O)C2NNC(N)C2c2ccccc2)on1. The second-order valence-corrected chi connectivity index (χ2v) is 6.06. The van der Waals surface area contributed by atoms with E-state index in [2.05, 4.69) is 16.0 Å². The Kier molecular flexibility index (Phi) is 4.94. The molecular weight excluding hydrogens is 306 g/mol. The maximum absolute atomic E-state index is 12.9. The van der Waals surface area contributed by atoms with Crippen molar-refractivity contribution in [1.82, 2.24) is 20.9 Å². The van der Waals surface area contributed by atoms with Crippen LogP contribution in [0.1, 0.15) is 29.9 Å². The van der Waals surface area contributed by atoms with Crippen LogP contribution in [0.15, 0.2) is 40.9 Å². The van der Waals surface area contributed by atoms with Gasteiger partial charge in [-0.05, 0) is 12.0 Å². The summed E-state index contributed by atoms with van der Waals surface area (Å²) < 4.78 is 5.27. The highest BCUT2D eigenvalue weighted by Crippen LogP contribution is 2.26. The maximum Gasteiger partial charge on any atom is 0.241 e. The highest BCUT2D eigenvalue weighted by molar-refractivity contribution is 5.83. The minimum absolute atomic E-state index is 0.0428. The number of carbonyl (C=O) groups excluding carboxylic acids is 1. The van der Waals surface area contributed by atoms with Crippen molar-refractivity contribution in [1.29, 1.82) is 0 Å². The van der Waals surface area contributed by atoms with Crippen molar-refractivity contribution in [3.05, 3.63) is 53.4 Å². The monoisotopic (exact) mass is 329 g/mol. The molecule has 1 aliphatic heterocycles. The summed E-state index contributed by atoms with van der Waals surface area (Å²) in [6, 6.07) is 11.3. The van der Waals surface area contributed by atoms with Gasteiger partial charge >= 0.3 is 0 Å². The molecule has 1 amide bonds. The van der Waals surface area contributed by atoms with Crippen LogP contribution < -0.4 is 16.6 Å². The number of aromatic nitrogens is 1. The van der Waals surface area contributed by atoms with E-state index in [4.69, 9.17) is 10.3 Å². The maximum atomic E-state index is 12.9. The number of nitrogens with two attached hydrogens (primary N) is 1. The third-order valence-electron chi connectivity index (χ3n) is 4.34. The minimum atomic E-state index is -0.430. The number of nitrogens with zero attached hydrogens (tertiary/aromatic N) is 2. The number of amides is 1. The first-order valence-corrected chi connectivity index (χ1v) is 8.11. The van der Waals surface area contributed by atoms with Crippen LogP contribution in [0.3, 0.4) is 0 Å². The first-order chi connectivity index (χ1) is 11.6. The van der Waals surface area contributed by atoms with Crippen molar-refractivity contribution >= 4 is 5.91 Å². The standard InChI is InChI=1S/C17H23N5O2/c1-3-12-9-13(24-21-12)10-22(2)17(23)15-14(16(18)20-19-15)11-7-5-4-6-8-11/h4-9,14-16,19-20H,3,10,18H2,1-2H3. The molecule has 2 heterocycles. The van der Waals surface area contributed by atoms with E-state index < -0.39 is 6.04 Å². The molecule has 1 saturated heterocycles. The molecule has 128 valence electrons. The highest BCUT2D eigenvalue weighted by atomic mass is 16.5. The van der Waals surface area contributed by atoms with Gasteiger partial charge in [0.25, 0.3) is 0 Å². The van der Waals surface area contributed by atoms with Crippen LogP contribution in [0.2, 0.25) is 0 Å². The second kappa shape index (κ2) is 7.12. The normalized spacial score (nSPS) is 23.4. The van der Waals surface area contributed by atoms with Gasteiger partial charge in [-0.2, -0.15) is 0 Å². The number of hydrazine groups is 1. The molecule has 1 aromatic heterocycles. The van der Waals surface area contributed by atoms with Crippen LogP contribution >= 0.6 is 0 Å². The smallest absolute Gasteiger partial charge is 0.241 e. The molecular formula is C17H23N5O2. The van der Waals surface area contributed by atoms with Crippen LogP contribution in [0.5, 0.6) is 0 Å². The van der Waals surface area contributed by atoms with Crippen molar-refractivity contribution in [2.45, 2.75) is 38.0 Å². The summed E-state index contributed by atoms with van der Waals surface area (Å²) in [6.07, 6.45) is 0.479. The van der Waals surface area contributed by atoms with Gasteiger partial charge in [0.05, 0.1) is 18.4 Å². The fourth-order valence-electron chi connectivity index (χ4n) is 3.01. The molecule has 0 saturated carbocycles. The number of rotatable bonds is 5. The Morgan fingerprint density at radius 1 is 1.33 bits per heavy atom. The Morgan fingerprint density at radius 3 is 2.75 bits per heavy atom. The largest absolute Gasteiger partial charge is 0.359 e. The Morgan fingerprint density at radius 2 is 2.08 bits per heavy atom. The molecule has 7 heteroatoms. The van der Waals surface area contributed by atoms with E-state index in [1.807, 2.05) is 43.3 Å². The van der Waals surface area contributed by atoms with Crippen molar-refractivity contribution < 1.29 is 9.32 Å². The lowest BCUT2D eigenvalue weighted by Crippen LogP contribution is -2.45. The van der Waals surface area contributed by atoms with Crippen LogP contribution in [-0.4, -0.2) is 35.2 Å². The number of aryl methyl sites for hydroxylation is 1. The molecule has 3 rings (SSSR count). The molecule has 1 aliphatic rings. The molecule has 3 unspecified atom stereocenters. The minimum Gasteiger partial charge on any atom is -0.359 e. The highest BCUT2D eigenvalue weighted by Gasteiger charge is 2.40. The Labute approximate surface area is 141 Å². The Balaban J connectivity index is 1.72. The van der Waals surface area contributed by atoms with Gasteiger partial charge in [-0.1, -0.05) is 42.4 Å². The van der Waals surface area contributed by atoms with E-state index in [0.717, 1.165) is 17.7 Å². The first-order valence-electron chi connectivity index (χ1n) is 8.11. The summed E-state index contributed by atoms with van der Waals surface area (Å²) >= 11 is 0. The van der Waals surface area contributed by atoms with Gasteiger partial charge in [-0.3, -0.25) is 4.79 Å². The fraction of sp³-hybridized carbons (Fsp3) is 0.412. The second-order valence-electron chi connectivity index (χ2n) is 6.06. The topological polar surface area (TPSA) is 96.4 Å². The number of likely N-dealkylation sites (N-methyl/N-ethyl adjacent to an activating group) is 1. The lowest BCUT2D eigenvalue weighted by molar-refractivity contribution is -0.133. The molecule has 0 spiro atoms. The quantitative estimate of drug-likeness (QED) is 0.749. The summed E-state index contributed by atoms with van der Waals surface area (Å²) in [5.41, 5.74) is 14.1. The molecule has 0 bridgehead atoms.